The van der Waals surface area contributed by atoms with Gasteiger partial charge in [-0.05, 0) is 75.7 Å². The molecule has 0 aliphatic carbocycles. The summed E-state index contributed by atoms with van der Waals surface area (Å²) in [5, 5.41) is 19.2. The van der Waals surface area contributed by atoms with Crippen molar-refractivity contribution in [3.8, 4) is 17.2 Å². The van der Waals surface area contributed by atoms with Crippen molar-refractivity contribution in [2.75, 3.05) is 38.6 Å². The summed E-state index contributed by atoms with van der Waals surface area (Å²) in [7, 11) is 4.04. The number of benzene rings is 2. The number of likely N-dealkylation sites (N-methyl/N-ethyl adjacent to an activating group) is 1. The van der Waals surface area contributed by atoms with Crippen LogP contribution in [0.15, 0.2) is 30.9 Å². The zero-order valence-electron chi connectivity index (χ0n) is 25.1. The molecule has 2 aromatic carbocycles. The van der Waals surface area contributed by atoms with Crippen molar-refractivity contribution in [1.29, 1.82) is 5.26 Å². The van der Waals surface area contributed by atoms with Crippen LogP contribution in [0.3, 0.4) is 0 Å². The molecule has 0 radical (unpaired) electrons. The highest BCUT2D eigenvalue weighted by atomic mass is 35.5. The number of piperidine rings is 1. The van der Waals surface area contributed by atoms with Gasteiger partial charge in [0.05, 0.1) is 23.6 Å². The number of nitriles is 1. The summed E-state index contributed by atoms with van der Waals surface area (Å²) in [5.74, 6) is -0.658. The van der Waals surface area contributed by atoms with Crippen LogP contribution in [0.4, 0.5) is 14.6 Å². The molecule has 228 valence electrons. The van der Waals surface area contributed by atoms with Crippen LogP contribution in [-0.4, -0.2) is 81.5 Å². The zero-order valence-corrected chi connectivity index (χ0v) is 25.9. The summed E-state index contributed by atoms with van der Waals surface area (Å²) in [4.78, 5) is 23.2. The molecule has 9 nitrogen and oxygen atoms in total. The maximum atomic E-state index is 16.7. The SMILES string of the molecule is C=CC(=O)N1CC[C@H](n2nnc3c(N4CC(N(C)C)C4)nc4c(F)c(-c5ccc(F)c(C)c5C)c(Cl)cc4c32)C[C@H]1CC#N. The molecule has 6 rings (SSSR count). The predicted octanol–water partition coefficient (Wildman–Crippen LogP) is 5.58. The number of fused-ring (bicyclic) bond motifs is 3. The molecular weight excluding hydrogens is 586 g/mol. The maximum absolute atomic E-state index is 16.7. The smallest absolute Gasteiger partial charge is 0.246 e. The Bertz CT molecular complexity index is 1860. The van der Waals surface area contributed by atoms with Gasteiger partial charge in [-0.1, -0.05) is 29.5 Å². The summed E-state index contributed by atoms with van der Waals surface area (Å²) in [6.45, 7) is 8.81. The normalized spacial score (nSPS) is 19.1. The molecule has 2 fully saturated rings. The second-order valence-electron chi connectivity index (χ2n) is 11.9. The first-order valence-corrected chi connectivity index (χ1v) is 15.0. The van der Waals surface area contributed by atoms with Gasteiger partial charge in [-0.2, -0.15) is 5.26 Å². The molecule has 2 aromatic heterocycles. The van der Waals surface area contributed by atoms with E-state index >= 15 is 4.39 Å². The maximum Gasteiger partial charge on any atom is 0.246 e. The fourth-order valence-corrected chi connectivity index (χ4v) is 6.74. The molecule has 4 heterocycles. The van der Waals surface area contributed by atoms with E-state index in [1.807, 2.05) is 14.1 Å². The molecule has 0 N–H and O–H groups in total. The van der Waals surface area contributed by atoms with Gasteiger partial charge in [0.1, 0.15) is 16.9 Å². The number of anilines is 1. The summed E-state index contributed by atoms with van der Waals surface area (Å²) in [5.41, 5.74) is 2.94. The Kier molecular flexibility index (Phi) is 7.76. The van der Waals surface area contributed by atoms with Crippen LogP contribution in [0, 0.1) is 36.8 Å². The van der Waals surface area contributed by atoms with Crippen molar-refractivity contribution in [1.82, 2.24) is 29.8 Å². The molecule has 0 unspecified atom stereocenters. The fraction of sp³-hybridized carbons (Fsp3) is 0.406. The third-order valence-electron chi connectivity index (χ3n) is 9.27. The Morgan fingerprint density at radius 2 is 1.98 bits per heavy atom. The van der Waals surface area contributed by atoms with E-state index in [9.17, 15) is 14.4 Å². The second kappa shape index (κ2) is 11.4. The van der Waals surface area contributed by atoms with E-state index in [0.29, 0.717) is 77.4 Å². The van der Waals surface area contributed by atoms with Crippen LogP contribution in [-0.2, 0) is 4.79 Å². The topological polar surface area (TPSA) is 94.2 Å². The first-order chi connectivity index (χ1) is 21.0. The molecule has 2 aliphatic heterocycles. The molecule has 0 saturated carbocycles. The van der Waals surface area contributed by atoms with Crippen LogP contribution in [0.1, 0.15) is 36.4 Å². The van der Waals surface area contributed by atoms with Gasteiger partial charge in [0.25, 0.3) is 0 Å². The van der Waals surface area contributed by atoms with Gasteiger partial charge >= 0.3 is 0 Å². The fourth-order valence-electron chi connectivity index (χ4n) is 6.45. The van der Waals surface area contributed by atoms with E-state index in [-0.39, 0.29) is 46.3 Å². The zero-order chi connectivity index (χ0) is 31.4. The van der Waals surface area contributed by atoms with Gasteiger partial charge in [0, 0.05) is 42.7 Å². The highest BCUT2D eigenvalue weighted by Crippen LogP contribution is 2.43. The molecule has 2 saturated heterocycles. The average Bonchev–Trinajstić information content (AvgIpc) is 3.42. The van der Waals surface area contributed by atoms with Gasteiger partial charge in [0.2, 0.25) is 5.91 Å². The molecule has 1 amide bonds. The molecule has 12 heteroatoms. The van der Waals surface area contributed by atoms with E-state index in [4.69, 9.17) is 16.6 Å². The molecule has 44 heavy (non-hydrogen) atoms. The lowest BCUT2D eigenvalue weighted by Crippen LogP contribution is -2.57. The number of carbonyl (C=O) groups excluding carboxylic acids is 1. The number of pyridine rings is 1. The Hall–Kier alpha value is -4.14. The quantitative estimate of drug-likeness (QED) is 0.261. The van der Waals surface area contributed by atoms with Gasteiger partial charge in [-0.15, -0.1) is 5.10 Å². The van der Waals surface area contributed by atoms with E-state index in [2.05, 4.69) is 32.8 Å². The highest BCUT2D eigenvalue weighted by molar-refractivity contribution is 6.34. The standard InChI is InChI=1S/C32H33ClF2N8O/c1-6-26(44)42-12-10-20(13-19(42)9-11-36)43-31-23-14-24(33)27(22-7-8-25(34)18(3)17(22)2)28(35)29(23)37-32(30(31)38-39-43)41-15-21(16-41)40(4)5/h6-8,14,19-21H,1,9-10,12-13,15-16H2,2-5H3/t19-,20+/m1/s1. The van der Waals surface area contributed by atoms with Gasteiger partial charge in [-0.25, -0.2) is 18.4 Å². The predicted molar refractivity (Wildman–Crippen MR) is 167 cm³/mol. The van der Waals surface area contributed by atoms with Crippen molar-refractivity contribution in [3.05, 3.63) is 58.6 Å². The number of hydrogen-bond acceptors (Lipinski definition) is 7. The van der Waals surface area contributed by atoms with E-state index < -0.39 is 5.82 Å². The minimum atomic E-state index is -0.601. The Balaban J connectivity index is 1.55. The first-order valence-electron chi connectivity index (χ1n) is 14.6. The molecule has 0 spiro atoms. The van der Waals surface area contributed by atoms with E-state index in [1.54, 1.807) is 35.6 Å². The largest absolute Gasteiger partial charge is 0.351 e. The Labute approximate surface area is 259 Å². The summed E-state index contributed by atoms with van der Waals surface area (Å²) in [6.07, 6.45) is 2.46. The summed E-state index contributed by atoms with van der Waals surface area (Å²) < 4.78 is 32.8. The van der Waals surface area contributed by atoms with Crippen molar-refractivity contribution < 1.29 is 13.6 Å². The number of carbonyl (C=O) groups is 1. The van der Waals surface area contributed by atoms with Crippen molar-refractivity contribution in [2.24, 2.45) is 0 Å². The molecular formula is C32H33ClF2N8O. The Morgan fingerprint density at radius 1 is 1.23 bits per heavy atom. The molecule has 0 bridgehead atoms. The molecule has 2 atom stereocenters. The number of aromatic nitrogens is 4. The van der Waals surface area contributed by atoms with E-state index in [1.165, 1.54) is 12.1 Å². The third-order valence-corrected chi connectivity index (χ3v) is 9.57. The van der Waals surface area contributed by atoms with Crippen LogP contribution in [0.25, 0.3) is 33.1 Å². The van der Waals surface area contributed by atoms with E-state index in [0.717, 1.165) is 0 Å². The number of hydrogen-bond donors (Lipinski definition) is 0. The minimum Gasteiger partial charge on any atom is -0.351 e. The van der Waals surface area contributed by atoms with Crippen LogP contribution in [0.5, 0.6) is 0 Å². The lowest BCUT2D eigenvalue weighted by Gasteiger charge is -2.43. The van der Waals surface area contributed by atoms with Crippen LogP contribution < -0.4 is 4.90 Å². The summed E-state index contributed by atoms with van der Waals surface area (Å²) in [6, 6.07) is 6.52. The average molecular weight is 619 g/mol. The van der Waals surface area contributed by atoms with Gasteiger partial charge in [-0.3, -0.25) is 4.79 Å². The lowest BCUT2D eigenvalue weighted by molar-refractivity contribution is -0.130. The van der Waals surface area contributed by atoms with Gasteiger partial charge < -0.3 is 14.7 Å². The number of rotatable bonds is 6. The second-order valence-corrected chi connectivity index (χ2v) is 12.3. The van der Waals surface area contributed by atoms with Crippen LogP contribution >= 0.6 is 11.6 Å². The molecule has 4 aromatic rings. The lowest BCUT2D eigenvalue weighted by atomic mass is 9.94. The first kappa shape index (κ1) is 29.9. The van der Waals surface area contributed by atoms with Crippen LogP contribution in [0.2, 0.25) is 5.02 Å². The number of amides is 1. The summed E-state index contributed by atoms with van der Waals surface area (Å²) >= 11 is 6.82. The van der Waals surface area contributed by atoms with Crippen molar-refractivity contribution in [3.63, 3.8) is 0 Å². The third kappa shape index (κ3) is 4.77. The molecule has 2 aliphatic rings. The number of nitrogens with zero attached hydrogens (tertiary/aromatic N) is 8. The monoisotopic (exact) mass is 618 g/mol. The van der Waals surface area contributed by atoms with Crippen molar-refractivity contribution >= 4 is 45.3 Å². The number of likely N-dealkylation sites (tertiary alicyclic amines) is 1. The Morgan fingerprint density at radius 3 is 2.66 bits per heavy atom. The highest BCUT2D eigenvalue weighted by Gasteiger charge is 2.36. The van der Waals surface area contributed by atoms with Gasteiger partial charge in [0.15, 0.2) is 17.2 Å². The minimum absolute atomic E-state index is 0.123. The van der Waals surface area contributed by atoms with Crippen molar-refractivity contribution in [2.45, 2.75) is 51.2 Å². The number of halogens is 3.